The summed E-state index contributed by atoms with van der Waals surface area (Å²) >= 11 is 0. The van der Waals surface area contributed by atoms with E-state index >= 15 is 0 Å². The Balaban J connectivity index is 2.10. The van der Waals surface area contributed by atoms with E-state index in [9.17, 15) is 18.0 Å². The van der Waals surface area contributed by atoms with Crippen molar-refractivity contribution in [3.8, 4) is 0 Å². The van der Waals surface area contributed by atoms with Crippen LogP contribution in [0, 0.1) is 6.92 Å². The van der Waals surface area contributed by atoms with Crippen LogP contribution in [0.2, 0.25) is 0 Å². The molecular formula is C21H33N3O6S. The summed E-state index contributed by atoms with van der Waals surface area (Å²) in [7, 11) is -2.06. The maximum atomic E-state index is 13.0. The van der Waals surface area contributed by atoms with Crippen LogP contribution >= 0.6 is 0 Å². The minimum atomic E-state index is -3.60. The highest BCUT2D eigenvalue weighted by molar-refractivity contribution is 7.89. The lowest BCUT2D eigenvalue weighted by Gasteiger charge is -2.26. The van der Waals surface area contributed by atoms with Gasteiger partial charge < -0.3 is 14.8 Å². The van der Waals surface area contributed by atoms with Crippen molar-refractivity contribution in [3.05, 3.63) is 23.8 Å². The van der Waals surface area contributed by atoms with Gasteiger partial charge in [0, 0.05) is 32.4 Å². The number of esters is 1. The lowest BCUT2D eigenvalue weighted by Crippen LogP contribution is -2.39. The van der Waals surface area contributed by atoms with E-state index in [0.29, 0.717) is 31.9 Å². The Bertz CT molecular complexity index is 853. The SMILES string of the molecule is CCOC(=O)CN(CCOC)CC(=O)Nc1cc(S(=O)(=O)N2CCCCC2)ccc1C. The largest absolute Gasteiger partial charge is 0.465 e. The topological polar surface area (TPSA) is 105 Å². The highest BCUT2D eigenvalue weighted by Crippen LogP contribution is 2.25. The van der Waals surface area contributed by atoms with Crippen LogP contribution in [0.15, 0.2) is 23.1 Å². The third kappa shape index (κ3) is 7.57. The van der Waals surface area contributed by atoms with Crippen molar-refractivity contribution in [2.24, 2.45) is 0 Å². The number of benzene rings is 1. The number of carbonyl (C=O) groups excluding carboxylic acids is 2. The molecule has 0 atom stereocenters. The smallest absolute Gasteiger partial charge is 0.320 e. The lowest BCUT2D eigenvalue weighted by atomic mass is 10.2. The number of rotatable bonds is 11. The molecule has 1 aliphatic heterocycles. The zero-order chi connectivity index (χ0) is 22.9. The number of amides is 1. The van der Waals surface area contributed by atoms with Gasteiger partial charge in [-0.3, -0.25) is 14.5 Å². The number of sulfonamides is 1. The molecule has 0 bridgehead atoms. The summed E-state index contributed by atoms with van der Waals surface area (Å²) in [6, 6.07) is 4.76. The van der Waals surface area contributed by atoms with Crippen molar-refractivity contribution in [1.82, 2.24) is 9.21 Å². The molecule has 1 aliphatic rings. The predicted molar refractivity (Wildman–Crippen MR) is 117 cm³/mol. The molecule has 10 heteroatoms. The molecule has 1 aromatic rings. The van der Waals surface area contributed by atoms with Crippen LogP contribution < -0.4 is 5.32 Å². The van der Waals surface area contributed by atoms with Crippen LogP contribution in [0.4, 0.5) is 5.69 Å². The summed E-state index contributed by atoms with van der Waals surface area (Å²) in [5, 5.41) is 2.78. The van der Waals surface area contributed by atoms with Crippen LogP contribution in [0.3, 0.4) is 0 Å². The number of carbonyl (C=O) groups is 2. The average molecular weight is 456 g/mol. The number of anilines is 1. The third-order valence-electron chi connectivity index (χ3n) is 5.07. The zero-order valence-corrected chi connectivity index (χ0v) is 19.4. The fourth-order valence-corrected chi connectivity index (χ4v) is 4.91. The summed E-state index contributed by atoms with van der Waals surface area (Å²) in [6.45, 7) is 5.46. The van der Waals surface area contributed by atoms with Crippen molar-refractivity contribution in [1.29, 1.82) is 0 Å². The molecule has 9 nitrogen and oxygen atoms in total. The van der Waals surface area contributed by atoms with Crippen molar-refractivity contribution < 1.29 is 27.5 Å². The minimum Gasteiger partial charge on any atom is -0.465 e. The molecule has 0 radical (unpaired) electrons. The number of ether oxygens (including phenoxy) is 2. The molecule has 1 saturated heterocycles. The van der Waals surface area contributed by atoms with Crippen molar-refractivity contribution in [2.75, 3.05) is 58.4 Å². The summed E-state index contributed by atoms with van der Waals surface area (Å²) < 4.78 is 37.4. The van der Waals surface area contributed by atoms with Gasteiger partial charge in [-0.15, -0.1) is 0 Å². The molecule has 0 spiro atoms. The Kier molecular flexibility index (Phi) is 9.89. The number of hydrogen-bond acceptors (Lipinski definition) is 7. The lowest BCUT2D eigenvalue weighted by molar-refractivity contribution is -0.144. The molecule has 0 aliphatic carbocycles. The Morgan fingerprint density at radius 3 is 2.52 bits per heavy atom. The van der Waals surface area contributed by atoms with Gasteiger partial charge in [0.25, 0.3) is 0 Å². The van der Waals surface area contributed by atoms with Gasteiger partial charge in [0.1, 0.15) is 0 Å². The summed E-state index contributed by atoms with van der Waals surface area (Å²) in [5.41, 5.74) is 1.19. The van der Waals surface area contributed by atoms with Gasteiger partial charge in [-0.25, -0.2) is 8.42 Å². The number of nitrogens with zero attached hydrogens (tertiary/aromatic N) is 2. The van der Waals surface area contributed by atoms with Crippen LogP contribution in [0.25, 0.3) is 0 Å². The molecule has 1 heterocycles. The average Bonchev–Trinajstić information content (AvgIpc) is 2.74. The molecule has 174 valence electrons. The first kappa shape index (κ1) is 25.3. The normalized spacial score (nSPS) is 15.1. The maximum Gasteiger partial charge on any atom is 0.320 e. The molecule has 2 rings (SSSR count). The molecule has 1 aromatic carbocycles. The standard InChI is InChI=1S/C21H33N3O6S/c1-4-30-21(26)16-23(12-13-29-3)15-20(25)22-19-14-18(9-8-17(19)2)31(27,28)24-10-6-5-7-11-24/h8-9,14H,4-7,10-13,15-16H2,1-3H3,(H,22,25). The highest BCUT2D eigenvalue weighted by atomic mass is 32.2. The van der Waals surface area contributed by atoms with E-state index in [-0.39, 0.29) is 30.5 Å². The van der Waals surface area contributed by atoms with Crippen molar-refractivity contribution >= 4 is 27.6 Å². The quantitative estimate of drug-likeness (QED) is 0.506. The number of piperidine rings is 1. The van der Waals surface area contributed by atoms with E-state index in [1.807, 2.05) is 0 Å². The van der Waals surface area contributed by atoms with Gasteiger partial charge in [-0.1, -0.05) is 12.5 Å². The van der Waals surface area contributed by atoms with Gasteiger partial charge in [0.15, 0.2) is 0 Å². The first-order chi connectivity index (χ1) is 14.8. The van der Waals surface area contributed by atoms with Gasteiger partial charge in [-0.05, 0) is 44.4 Å². The van der Waals surface area contributed by atoms with E-state index in [0.717, 1.165) is 24.8 Å². The fraction of sp³-hybridized carbons (Fsp3) is 0.619. The second-order valence-corrected chi connectivity index (χ2v) is 9.44. The van der Waals surface area contributed by atoms with Crippen LogP contribution in [-0.2, 0) is 29.1 Å². The molecule has 31 heavy (non-hydrogen) atoms. The molecule has 1 amide bonds. The number of aryl methyl sites for hydroxylation is 1. The summed E-state index contributed by atoms with van der Waals surface area (Å²) in [6.07, 6.45) is 2.74. The number of nitrogens with one attached hydrogen (secondary N) is 1. The first-order valence-electron chi connectivity index (χ1n) is 10.6. The monoisotopic (exact) mass is 455 g/mol. The third-order valence-corrected chi connectivity index (χ3v) is 6.97. The van der Waals surface area contributed by atoms with E-state index in [1.165, 1.54) is 10.4 Å². The predicted octanol–water partition coefficient (Wildman–Crippen LogP) is 1.62. The second-order valence-electron chi connectivity index (χ2n) is 7.50. The van der Waals surface area contributed by atoms with E-state index in [2.05, 4.69) is 5.32 Å². The molecule has 0 aromatic heterocycles. The Morgan fingerprint density at radius 2 is 1.87 bits per heavy atom. The Labute approximate surface area is 184 Å². The van der Waals surface area contributed by atoms with E-state index in [1.54, 1.807) is 38.0 Å². The molecular weight excluding hydrogens is 422 g/mol. The molecule has 0 saturated carbocycles. The molecule has 0 unspecified atom stereocenters. The van der Waals surface area contributed by atoms with Gasteiger partial charge in [-0.2, -0.15) is 4.31 Å². The van der Waals surface area contributed by atoms with Crippen molar-refractivity contribution in [2.45, 2.75) is 38.0 Å². The Hall–Kier alpha value is -2.01. The second kappa shape index (κ2) is 12.1. The highest BCUT2D eigenvalue weighted by Gasteiger charge is 2.26. The number of methoxy groups -OCH3 is 1. The fourth-order valence-electron chi connectivity index (χ4n) is 3.37. The zero-order valence-electron chi connectivity index (χ0n) is 18.6. The van der Waals surface area contributed by atoms with Crippen LogP contribution in [0.5, 0.6) is 0 Å². The maximum absolute atomic E-state index is 13.0. The van der Waals surface area contributed by atoms with Crippen LogP contribution in [0.1, 0.15) is 31.7 Å². The number of hydrogen-bond donors (Lipinski definition) is 1. The van der Waals surface area contributed by atoms with Gasteiger partial charge in [0.05, 0.1) is 31.2 Å². The molecule has 1 N–H and O–H groups in total. The minimum absolute atomic E-state index is 0.0347. The van der Waals surface area contributed by atoms with E-state index in [4.69, 9.17) is 9.47 Å². The summed E-state index contributed by atoms with van der Waals surface area (Å²) in [5.74, 6) is -0.770. The van der Waals surface area contributed by atoms with Crippen molar-refractivity contribution in [3.63, 3.8) is 0 Å². The molecule has 1 fully saturated rings. The summed E-state index contributed by atoms with van der Waals surface area (Å²) in [4.78, 5) is 26.2. The van der Waals surface area contributed by atoms with E-state index < -0.39 is 16.0 Å². The van der Waals surface area contributed by atoms with Gasteiger partial charge >= 0.3 is 5.97 Å². The Morgan fingerprint density at radius 1 is 1.16 bits per heavy atom. The van der Waals surface area contributed by atoms with Gasteiger partial charge in [0.2, 0.25) is 15.9 Å². The first-order valence-corrected chi connectivity index (χ1v) is 12.0. The van der Waals surface area contributed by atoms with Crippen LogP contribution in [-0.4, -0.2) is 82.5 Å².